The van der Waals surface area contributed by atoms with Crippen LogP contribution in [0.2, 0.25) is 0 Å². The zero-order valence-electron chi connectivity index (χ0n) is 9.91. The lowest BCUT2D eigenvalue weighted by atomic mass is 10.2. The Labute approximate surface area is 98.3 Å². The lowest BCUT2D eigenvalue weighted by Gasteiger charge is -2.07. The minimum absolute atomic E-state index is 0.805. The number of aliphatic imine (C=N–C) groups is 1. The van der Waals surface area contributed by atoms with Gasteiger partial charge in [0.25, 0.3) is 0 Å². The van der Waals surface area contributed by atoms with Crippen LogP contribution in [0.1, 0.15) is 34.1 Å². The van der Waals surface area contributed by atoms with E-state index in [0.717, 1.165) is 22.8 Å². The van der Waals surface area contributed by atoms with Gasteiger partial charge in [-0.1, -0.05) is 25.2 Å². The van der Waals surface area contributed by atoms with Crippen molar-refractivity contribution >= 4 is 18.8 Å². The summed E-state index contributed by atoms with van der Waals surface area (Å²) >= 11 is 4.27. The second-order valence-electron chi connectivity index (χ2n) is 3.03. The third-order valence-electron chi connectivity index (χ3n) is 1.76. The summed E-state index contributed by atoms with van der Waals surface area (Å²) in [5.41, 5.74) is 1.10. The van der Waals surface area contributed by atoms with E-state index in [2.05, 4.69) is 42.0 Å². The Hall–Kier alpha value is -0.960. The molecule has 0 radical (unpaired) electrons. The average molecular weight is 224 g/mol. The van der Waals surface area contributed by atoms with Crippen molar-refractivity contribution in [3.05, 3.63) is 34.7 Å². The zero-order valence-corrected chi connectivity index (χ0v) is 10.8. The molecule has 0 aliphatic heterocycles. The Kier molecular flexibility index (Phi) is 7.82. The molecule has 0 aromatic heterocycles. The fraction of sp³-hybridized carbons (Fsp3) is 0.417. The summed E-state index contributed by atoms with van der Waals surface area (Å²) in [6, 6.07) is 0. The van der Waals surface area contributed by atoms with Gasteiger partial charge in [0.15, 0.2) is 0 Å². The molecule has 0 rings (SSSR count). The van der Waals surface area contributed by atoms with Gasteiger partial charge in [0.05, 0.1) is 5.03 Å². The van der Waals surface area contributed by atoms with Crippen molar-refractivity contribution in [1.82, 2.24) is 5.32 Å². The molecule has 15 heavy (non-hydrogen) atoms. The highest BCUT2D eigenvalue weighted by Crippen LogP contribution is 2.08. The van der Waals surface area contributed by atoms with Gasteiger partial charge >= 0.3 is 0 Å². The predicted molar refractivity (Wildman–Crippen MR) is 72.2 cm³/mol. The summed E-state index contributed by atoms with van der Waals surface area (Å²) < 4.78 is 0. The van der Waals surface area contributed by atoms with Gasteiger partial charge in [-0.3, -0.25) is 0 Å². The Bertz CT molecular complexity index is 299. The van der Waals surface area contributed by atoms with E-state index >= 15 is 0 Å². The van der Waals surface area contributed by atoms with E-state index in [-0.39, 0.29) is 0 Å². The molecule has 0 unspecified atom stereocenters. The maximum absolute atomic E-state index is 4.27. The van der Waals surface area contributed by atoms with Crippen LogP contribution < -0.4 is 5.32 Å². The highest BCUT2D eigenvalue weighted by Gasteiger charge is 1.97. The minimum atomic E-state index is 0.805. The third kappa shape index (κ3) is 6.18. The molecular formula is C12H20N2S. The maximum atomic E-state index is 4.27. The molecule has 0 saturated carbocycles. The summed E-state index contributed by atoms with van der Waals surface area (Å²) in [6.07, 6.45) is 8.85. The van der Waals surface area contributed by atoms with E-state index in [1.54, 1.807) is 6.21 Å². The van der Waals surface area contributed by atoms with E-state index in [1.165, 1.54) is 0 Å². The normalized spacial score (nSPS) is 14.9. The lowest BCUT2D eigenvalue weighted by molar-refractivity contribution is 0.986. The number of nitrogens with one attached hydrogen (secondary N) is 1. The van der Waals surface area contributed by atoms with Crippen molar-refractivity contribution in [3.63, 3.8) is 0 Å². The first kappa shape index (κ1) is 14.0. The van der Waals surface area contributed by atoms with Crippen LogP contribution in [0.3, 0.4) is 0 Å². The quantitative estimate of drug-likeness (QED) is 0.416. The van der Waals surface area contributed by atoms with Gasteiger partial charge in [0, 0.05) is 6.21 Å². The monoisotopic (exact) mass is 224 g/mol. The van der Waals surface area contributed by atoms with Crippen LogP contribution in [0.4, 0.5) is 0 Å². The molecule has 0 aliphatic rings. The Morgan fingerprint density at radius 2 is 2.07 bits per heavy atom. The molecule has 0 spiro atoms. The minimum Gasteiger partial charge on any atom is -0.335 e. The van der Waals surface area contributed by atoms with Gasteiger partial charge in [-0.25, -0.2) is 4.99 Å². The van der Waals surface area contributed by atoms with Crippen molar-refractivity contribution in [2.75, 3.05) is 0 Å². The van der Waals surface area contributed by atoms with Gasteiger partial charge in [-0.05, 0) is 32.8 Å². The highest BCUT2D eigenvalue weighted by atomic mass is 32.1. The van der Waals surface area contributed by atoms with Crippen LogP contribution in [0.25, 0.3) is 0 Å². The average Bonchev–Trinajstić information content (AvgIpc) is 2.24. The van der Waals surface area contributed by atoms with Gasteiger partial charge in [-0.2, -0.15) is 0 Å². The molecule has 2 nitrogen and oxygen atoms in total. The summed E-state index contributed by atoms with van der Waals surface area (Å²) in [5.74, 6) is 0.838. The molecule has 0 fully saturated rings. The van der Waals surface area contributed by atoms with Crippen molar-refractivity contribution in [3.8, 4) is 0 Å². The van der Waals surface area contributed by atoms with Gasteiger partial charge in [-0.15, -0.1) is 12.6 Å². The number of nitrogens with zero attached hydrogens (tertiary/aromatic N) is 1. The highest BCUT2D eigenvalue weighted by molar-refractivity contribution is 7.84. The van der Waals surface area contributed by atoms with Crippen molar-refractivity contribution in [2.24, 2.45) is 4.99 Å². The third-order valence-corrected chi connectivity index (χ3v) is 2.13. The Balaban J connectivity index is 4.85. The van der Waals surface area contributed by atoms with Crippen LogP contribution >= 0.6 is 12.6 Å². The number of hydrogen-bond acceptors (Lipinski definition) is 3. The molecule has 0 aromatic carbocycles. The summed E-state index contributed by atoms with van der Waals surface area (Å²) in [5, 5.41) is 3.94. The first-order valence-electron chi connectivity index (χ1n) is 5.14. The molecule has 0 heterocycles. The van der Waals surface area contributed by atoms with Crippen molar-refractivity contribution < 1.29 is 0 Å². The van der Waals surface area contributed by atoms with Crippen LogP contribution in [0.15, 0.2) is 39.6 Å². The number of thiol groups is 1. The second-order valence-corrected chi connectivity index (χ2v) is 3.51. The Morgan fingerprint density at radius 1 is 1.40 bits per heavy atom. The first-order valence-corrected chi connectivity index (χ1v) is 5.58. The smallest absolute Gasteiger partial charge is 0.133 e. The number of hydrogen-bond donors (Lipinski definition) is 2. The molecule has 0 atom stereocenters. The van der Waals surface area contributed by atoms with Crippen LogP contribution in [0.5, 0.6) is 0 Å². The molecular weight excluding hydrogens is 204 g/mol. The van der Waals surface area contributed by atoms with Crippen molar-refractivity contribution in [2.45, 2.75) is 34.1 Å². The first-order chi connectivity index (χ1) is 7.15. The molecule has 1 N–H and O–H groups in total. The fourth-order valence-electron chi connectivity index (χ4n) is 0.929. The number of rotatable bonds is 5. The largest absolute Gasteiger partial charge is 0.335 e. The van der Waals surface area contributed by atoms with Gasteiger partial charge in [0.2, 0.25) is 0 Å². The second kappa shape index (κ2) is 8.36. The SMILES string of the molecule is CC=N/C(N/C(S)=C/C)=C(/C)C=CCC. The van der Waals surface area contributed by atoms with Crippen LogP contribution in [-0.4, -0.2) is 6.21 Å². The standard InChI is InChI=1S/C12H20N2S/c1-5-8-9-10(4)12(13-7-3)14-11(15)6-2/h6-9,14-15H,5H2,1-4H3/b9-8?,11-6-,12-10+,13-7?. The van der Waals surface area contributed by atoms with E-state index in [9.17, 15) is 0 Å². The Morgan fingerprint density at radius 3 is 2.53 bits per heavy atom. The maximum Gasteiger partial charge on any atom is 0.133 e. The summed E-state index contributed by atoms with van der Waals surface area (Å²) in [7, 11) is 0. The molecule has 0 bridgehead atoms. The molecule has 0 aromatic rings. The van der Waals surface area contributed by atoms with Crippen LogP contribution in [0, 0.1) is 0 Å². The molecule has 3 heteroatoms. The zero-order chi connectivity index (χ0) is 11.7. The molecule has 84 valence electrons. The van der Waals surface area contributed by atoms with Crippen LogP contribution in [-0.2, 0) is 0 Å². The molecule has 0 aliphatic carbocycles. The predicted octanol–water partition coefficient (Wildman–Crippen LogP) is 3.66. The topological polar surface area (TPSA) is 24.4 Å². The molecule has 0 saturated heterocycles. The lowest BCUT2D eigenvalue weighted by Crippen LogP contribution is -2.09. The fourth-order valence-corrected chi connectivity index (χ4v) is 1.03. The number of allylic oxidation sites excluding steroid dienone is 4. The van der Waals surface area contributed by atoms with E-state index < -0.39 is 0 Å². The molecule has 0 amide bonds. The summed E-state index contributed by atoms with van der Waals surface area (Å²) in [6.45, 7) is 7.96. The van der Waals surface area contributed by atoms with Gasteiger partial charge in [0.1, 0.15) is 5.82 Å². The van der Waals surface area contributed by atoms with E-state index in [0.29, 0.717) is 0 Å². The summed E-state index contributed by atoms with van der Waals surface area (Å²) in [4.78, 5) is 4.27. The van der Waals surface area contributed by atoms with Crippen molar-refractivity contribution in [1.29, 1.82) is 0 Å². The van der Waals surface area contributed by atoms with E-state index in [1.807, 2.05) is 26.8 Å². The van der Waals surface area contributed by atoms with Gasteiger partial charge < -0.3 is 5.32 Å². The van der Waals surface area contributed by atoms with E-state index in [4.69, 9.17) is 0 Å².